The molecule has 0 fully saturated rings. The number of sulfonamides is 1. The molecule has 0 aromatic carbocycles. The summed E-state index contributed by atoms with van der Waals surface area (Å²) >= 11 is 0. The Morgan fingerprint density at radius 3 is 2.86 bits per heavy atom. The van der Waals surface area contributed by atoms with E-state index in [1.807, 2.05) is 6.92 Å². The molecule has 0 bridgehead atoms. The highest BCUT2D eigenvalue weighted by Gasteiger charge is 2.19. The summed E-state index contributed by atoms with van der Waals surface area (Å²) in [5.41, 5.74) is 0.703. The Bertz CT molecular complexity index is 728. The maximum absolute atomic E-state index is 13.5. The molecule has 0 atom stereocenters. The van der Waals surface area contributed by atoms with Gasteiger partial charge in [-0.05, 0) is 18.7 Å². The lowest BCUT2D eigenvalue weighted by atomic mass is 10.4. The zero-order chi connectivity index (χ0) is 15.5. The van der Waals surface area contributed by atoms with Crippen molar-refractivity contribution in [2.24, 2.45) is 7.05 Å². The van der Waals surface area contributed by atoms with Gasteiger partial charge in [-0.3, -0.25) is 9.71 Å². The first kappa shape index (κ1) is 15.5. The topological polar surface area (TPSA) is 76.0 Å². The molecule has 2 aromatic rings. The Morgan fingerprint density at radius 1 is 1.43 bits per heavy atom. The number of hydrogen-bond acceptors (Lipinski definition) is 4. The van der Waals surface area contributed by atoms with Gasteiger partial charge in [0.15, 0.2) is 5.82 Å². The van der Waals surface area contributed by atoms with E-state index in [9.17, 15) is 12.8 Å². The van der Waals surface area contributed by atoms with Crippen LogP contribution in [0.25, 0.3) is 0 Å². The number of aryl methyl sites for hydroxylation is 1. The van der Waals surface area contributed by atoms with E-state index in [1.54, 1.807) is 17.7 Å². The molecular formula is C13H17FN4O2S. The molecule has 0 radical (unpaired) electrons. The minimum Gasteiger partial charge on any atom is -0.352 e. The monoisotopic (exact) mass is 312 g/mol. The SMILES string of the molecule is CCNCc1cc(S(=O)(=O)Nc2ccncc2F)cn1C. The lowest BCUT2D eigenvalue weighted by Crippen LogP contribution is -2.14. The molecule has 6 nitrogen and oxygen atoms in total. The highest BCUT2D eigenvalue weighted by atomic mass is 32.2. The predicted octanol–water partition coefficient (Wildman–Crippen LogP) is 1.47. The van der Waals surface area contributed by atoms with Crippen LogP contribution in [-0.2, 0) is 23.6 Å². The number of anilines is 1. The zero-order valence-corrected chi connectivity index (χ0v) is 12.6. The molecule has 2 heterocycles. The van der Waals surface area contributed by atoms with Crippen LogP contribution in [0.4, 0.5) is 10.1 Å². The van der Waals surface area contributed by atoms with Gasteiger partial charge in [0.05, 0.1) is 11.9 Å². The molecule has 0 amide bonds. The van der Waals surface area contributed by atoms with E-state index in [-0.39, 0.29) is 10.6 Å². The van der Waals surface area contributed by atoms with E-state index in [0.717, 1.165) is 18.4 Å². The minimum absolute atomic E-state index is 0.0918. The maximum Gasteiger partial charge on any atom is 0.263 e. The Kier molecular flexibility index (Phi) is 4.59. The summed E-state index contributed by atoms with van der Waals surface area (Å²) < 4.78 is 41.9. The Hall–Kier alpha value is -1.93. The molecule has 0 saturated heterocycles. The van der Waals surface area contributed by atoms with Gasteiger partial charge in [0.1, 0.15) is 4.90 Å². The predicted molar refractivity (Wildman–Crippen MR) is 77.8 cm³/mol. The van der Waals surface area contributed by atoms with Crippen molar-refractivity contribution < 1.29 is 12.8 Å². The molecule has 0 aliphatic rings. The Morgan fingerprint density at radius 2 is 2.19 bits per heavy atom. The van der Waals surface area contributed by atoms with E-state index < -0.39 is 15.8 Å². The van der Waals surface area contributed by atoms with Crippen molar-refractivity contribution >= 4 is 15.7 Å². The molecule has 0 unspecified atom stereocenters. The molecule has 0 aliphatic heterocycles. The molecular weight excluding hydrogens is 295 g/mol. The lowest BCUT2D eigenvalue weighted by Gasteiger charge is -2.06. The van der Waals surface area contributed by atoms with E-state index in [2.05, 4.69) is 15.0 Å². The lowest BCUT2D eigenvalue weighted by molar-refractivity contribution is 0.598. The number of nitrogens with zero attached hydrogens (tertiary/aromatic N) is 2. The van der Waals surface area contributed by atoms with Crippen molar-refractivity contribution in [1.82, 2.24) is 14.9 Å². The molecule has 114 valence electrons. The molecule has 2 rings (SSSR count). The Balaban J connectivity index is 2.26. The van der Waals surface area contributed by atoms with Gasteiger partial charge in [-0.1, -0.05) is 6.92 Å². The van der Waals surface area contributed by atoms with E-state index >= 15 is 0 Å². The average Bonchev–Trinajstić information content (AvgIpc) is 2.81. The fraction of sp³-hybridized carbons (Fsp3) is 0.308. The smallest absolute Gasteiger partial charge is 0.263 e. The third kappa shape index (κ3) is 3.59. The van der Waals surface area contributed by atoms with Crippen LogP contribution in [0.3, 0.4) is 0 Å². The molecule has 0 saturated carbocycles. The fourth-order valence-corrected chi connectivity index (χ4v) is 2.98. The number of nitrogens with one attached hydrogen (secondary N) is 2. The van der Waals surface area contributed by atoms with Crippen LogP contribution in [0, 0.1) is 5.82 Å². The molecule has 0 spiro atoms. The quantitative estimate of drug-likeness (QED) is 0.847. The summed E-state index contributed by atoms with van der Waals surface area (Å²) in [5.74, 6) is -0.718. The highest BCUT2D eigenvalue weighted by Crippen LogP contribution is 2.19. The summed E-state index contributed by atoms with van der Waals surface area (Å²) in [5, 5.41) is 3.12. The van der Waals surface area contributed by atoms with Gasteiger partial charge in [0.2, 0.25) is 0 Å². The second kappa shape index (κ2) is 6.23. The molecule has 21 heavy (non-hydrogen) atoms. The van der Waals surface area contributed by atoms with Crippen molar-refractivity contribution in [3.63, 3.8) is 0 Å². The van der Waals surface area contributed by atoms with Gasteiger partial charge in [0, 0.05) is 31.7 Å². The van der Waals surface area contributed by atoms with Gasteiger partial charge < -0.3 is 9.88 Å². The number of rotatable bonds is 6. The molecule has 0 aliphatic carbocycles. The summed E-state index contributed by atoms with van der Waals surface area (Å²) in [6.45, 7) is 3.31. The van der Waals surface area contributed by atoms with Crippen LogP contribution in [-0.4, -0.2) is 24.5 Å². The zero-order valence-electron chi connectivity index (χ0n) is 11.8. The van der Waals surface area contributed by atoms with Crippen molar-refractivity contribution in [1.29, 1.82) is 0 Å². The van der Waals surface area contributed by atoms with Gasteiger partial charge in [-0.25, -0.2) is 12.8 Å². The van der Waals surface area contributed by atoms with Crippen LogP contribution >= 0.6 is 0 Å². The third-order valence-corrected chi connectivity index (χ3v) is 4.30. The second-order valence-corrected chi connectivity index (χ2v) is 6.20. The van der Waals surface area contributed by atoms with Crippen molar-refractivity contribution in [3.8, 4) is 0 Å². The van der Waals surface area contributed by atoms with Gasteiger partial charge >= 0.3 is 0 Å². The summed E-state index contributed by atoms with van der Waals surface area (Å²) in [6.07, 6.45) is 3.77. The van der Waals surface area contributed by atoms with E-state index in [0.29, 0.717) is 6.54 Å². The van der Waals surface area contributed by atoms with Crippen LogP contribution in [0.2, 0.25) is 0 Å². The van der Waals surface area contributed by atoms with Gasteiger partial charge in [0.25, 0.3) is 10.0 Å². The second-order valence-electron chi connectivity index (χ2n) is 4.52. The number of pyridine rings is 1. The first-order valence-electron chi connectivity index (χ1n) is 6.42. The third-order valence-electron chi connectivity index (χ3n) is 2.97. The van der Waals surface area contributed by atoms with Crippen LogP contribution in [0.15, 0.2) is 35.6 Å². The number of hydrogen-bond donors (Lipinski definition) is 2. The standard InChI is InChI=1S/C13H17FN4O2S/c1-3-15-7-10-6-11(9-18(10)2)21(19,20)17-13-4-5-16-8-12(13)14/h4-6,8-9,15H,3,7H2,1-2H3,(H,16,17). The maximum atomic E-state index is 13.5. The highest BCUT2D eigenvalue weighted by molar-refractivity contribution is 7.92. The van der Waals surface area contributed by atoms with E-state index in [4.69, 9.17) is 0 Å². The van der Waals surface area contributed by atoms with Crippen molar-refractivity contribution in [2.75, 3.05) is 11.3 Å². The molecule has 2 N–H and O–H groups in total. The number of aromatic nitrogens is 2. The normalized spacial score (nSPS) is 11.6. The largest absolute Gasteiger partial charge is 0.352 e. The van der Waals surface area contributed by atoms with Crippen LogP contribution in [0.1, 0.15) is 12.6 Å². The number of halogens is 1. The molecule has 2 aromatic heterocycles. The Labute approximate surface area is 123 Å². The fourth-order valence-electron chi connectivity index (χ4n) is 1.81. The minimum atomic E-state index is -3.83. The summed E-state index contributed by atoms with van der Waals surface area (Å²) in [4.78, 5) is 3.67. The summed E-state index contributed by atoms with van der Waals surface area (Å²) in [6, 6.07) is 2.83. The van der Waals surface area contributed by atoms with Gasteiger partial charge in [-0.15, -0.1) is 0 Å². The van der Waals surface area contributed by atoms with Crippen LogP contribution in [0.5, 0.6) is 0 Å². The van der Waals surface area contributed by atoms with Gasteiger partial charge in [-0.2, -0.15) is 0 Å². The summed E-state index contributed by atoms with van der Waals surface area (Å²) in [7, 11) is -2.07. The van der Waals surface area contributed by atoms with Crippen molar-refractivity contribution in [3.05, 3.63) is 42.2 Å². The van der Waals surface area contributed by atoms with Crippen molar-refractivity contribution in [2.45, 2.75) is 18.4 Å². The van der Waals surface area contributed by atoms with Crippen LogP contribution < -0.4 is 10.0 Å². The first-order valence-corrected chi connectivity index (χ1v) is 7.90. The average molecular weight is 312 g/mol. The molecule has 8 heteroatoms. The van der Waals surface area contributed by atoms with E-state index in [1.165, 1.54) is 18.5 Å². The first-order chi connectivity index (χ1) is 9.94.